The van der Waals surface area contributed by atoms with Crippen molar-refractivity contribution in [3.63, 3.8) is 0 Å². The number of anilines is 1. The first kappa shape index (κ1) is 21.4. The third-order valence-electron chi connectivity index (χ3n) is 6.97. The quantitative estimate of drug-likeness (QED) is 0.618. The lowest BCUT2D eigenvalue weighted by Crippen LogP contribution is -2.50. The maximum atomic E-state index is 13.2. The van der Waals surface area contributed by atoms with Gasteiger partial charge in [0.15, 0.2) is 0 Å². The number of carbonyl (C=O) groups is 1. The second-order valence-electron chi connectivity index (χ2n) is 8.95. The van der Waals surface area contributed by atoms with Gasteiger partial charge in [-0.1, -0.05) is 24.3 Å². The molecule has 3 aliphatic rings. The summed E-state index contributed by atoms with van der Waals surface area (Å²) in [5, 5.41) is 8.93. The maximum absolute atomic E-state index is 13.2. The Labute approximate surface area is 189 Å². The molecule has 1 atom stereocenters. The van der Waals surface area contributed by atoms with Crippen LogP contribution in [0.3, 0.4) is 0 Å². The van der Waals surface area contributed by atoms with Crippen molar-refractivity contribution in [1.82, 2.24) is 19.7 Å². The van der Waals surface area contributed by atoms with Gasteiger partial charge in [-0.25, -0.2) is 0 Å². The van der Waals surface area contributed by atoms with Crippen LogP contribution in [0, 0.1) is 0 Å². The van der Waals surface area contributed by atoms with Gasteiger partial charge in [-0.15, -0.1) is 10.2 Å². The lowest BCUT2D eigenvalue weighted by molar-refractivity contribution is -0.0598. The molecule has 2 aliphatic heterocycles. The minimum absolute atomic E-state index is 0.00755. The first-order valence-electron chi connectivity index (χ1n) is 12.0. The Morgan fingerprint density at radius 2 is 2.03 bits per heavy atom. The summed E-state index contributed by atoms with van der Waals surface area (Å²) in [6.45, 7) is 7.73. The number of fused-ring (bicyclic) bond motifs is 2. The van der Waals surface area contributed by atoms with Crippen molar-refractivity contribution in [2.45, 2.75) is 51.2 Å². The molecule has 2 fully saturated rings. The summed E-state index contributed by atoms with van der Waals surface area (Å²) < 4.78 is 14.0. The van der Waals surface area contributed by atoms with Gasteiger partial charge in [0, 0.05) is 39.4 Å². The molecule has 1 aromatic heterocycles. The van der Waals surface area contributed by atoms with E-state index in [0.717, 1.165) is 64.2 Å². The van der Waals surface area contributed by atoms with Gasteiger partial charge in [0.2, 0.25) is 11.8 Å². The van der Waals surface area contributed by atoms with Crippen LogP contribution >= 0.6 is 0 Å². The van der Waals surface area contributed by atoms with Gasteiger partial charge in [0.1, 0.15) is 5.60 Å². The zero-order valence-electron chi connectivity index (χ0n) is 19.0. The van der Waals surface area contributed by atoms with Gasteiger partial charge >= 0.3 is 0 Å². The molecule has 2 aromatic rings. The minimum atomic E-state index is -0.309. The van der Waals surface area contributed by atoms with Crippen molar-refractivity contribution in [3.05, 3.63) is 41.2 Å². The third kappa shape index (κ3) is 3.90. The number of ether oxygens (including phenoxy) is 2. The second-order valence-corrected chi connectivity index (χ2v) is 8.95. The maximum Gasteiger partial charge on any atom is 0.291 e. The summed E-state index contributed by atoms with van der Waals surface area (Å²) in [4.78, 5) is 17.4. The molecule has 2 saturated heterocycles. The van der Waals surface area contributed by atoms with Crippen molar-refractivity contribution in [3.8, 4) is 0 Å². The number of aromatic nitrogens is 3. The number of morpholine rings is 1. The largest absolute Gasteiger partial charge is 0.382 e. The molecule has 1 amide bonds. The number of likely N-dealkylation sites (tertiary alicyclic amines) is 1. The van der Waals surface area contributed by atoms with E-state index in [0.29, 0.717) is 32.2 Å². The molecular weight excluding hydrogens is 406 g/mol. The summed E-state index contributed by atoms with van der Waals surface area (Å²) in [7, 11) is 0. The second kappa shape index (κ2) is 9.19. The number of carbonyl (C=O) groups excluding carboxylic acids is 1. The molecule has 0 N–H and O–H groups in total. The molecule has 0 bridgehead atoms. The average molecular weight is 440 g/mol. The van der Waals surface area contributed by atoms with Gasteiger partial charge in [-0.3, -0.25) is 9.36 Å². The number of nitrogens with zero attached hydrogens (tertiary/aromatic N) is 5. The van der Waals surface area contributed by atoms with Gasteiger partial charge in [0.25, 0.3) is 5.91 Å². The molecule has 172 valence electrons. The Morgan fingerprint density at radius 3 is 2.88 bits per heavy atom. The number of hydrogen-bond acceptors (Lipinski definition) is 6. The van der Waals surface area contributed by atoms with E-state index in [1.807, 2.05) is 16.4 Å². The highest BCUT2D eigenvalue weighted by Crippen LogP contribution is 2.42. The highest BCUT2D eigenvalue weighted by molar-refractivity contribution is 5.91. The minimum Gasteiger partial charge on any atom is -0.382 e. The molecule has 0 saturated carbocycles. The summed E-state index contributed by atoms with van der Waals surface area (Å²) >= 11 is 0. The molecule has 1 aliphatic carbocycles. The van der Waals surface area contributed by atoms with Crippen molar-refractivity contribution in [1.29, 1.82) is 0 Å². The van der Waals surface area contributed by atoms with Crippen LogP contribution < -0.4 is 4.90 Å². The first-order chi connectivity index (χ1) is 15.7. The lowest BCUT2D eigenvalue weighted by atomic mass is 9.94. The van der Waals surface area contributed by atoms with Crippen LogP contribution in [0.2, 0.25) is 0 Å². The molecule has 5 rings (SSSR count). The summed E-state index contributed by atoms with van der Waals surface area (Å²) in [5.41, 5.74) is 2.36. The predicted octanol–water partition coefficient (Wildman–Crippen LogP) is 2.62. The SMILES string of the molecule is CCOCCCn1c(C(=O)N2CCCC2)nnc1N1CCO[C@@]2(CCc3ccccc32)C1. The van der Waals surface area contributed by atoms with Gasteiger partial charge in [0.05, 0.1) is 13.2 Å². The predicted molar refractivity (Wildman–Crippen MR) is 121 cm³/mol. The first-order valence-corrected chi connectivity index (χ1v) is 12.0. The fourth-order valence-electron chi connectivity index (χ4n) is 5.35. The summed E-state index contributed by atoms with van der Waals surface area (Å²) in [6.07, 6.45) is 4.94. The van der Waals surface area contributed by atoms with E-state index in [1.165, 1.54) is 11.1 Å². The number of aryl methyl sites for hydroxylation is 1. The Bertz CT molecular complexity index is 951. The van der Waals surface area contributed by atoms with Crippen molar-refractivity contribution >= 4 is 11.9 Å². The Hall–Kier alpha value is -2.45. The van der Waals surface area contributed by atoms with Crippen molar-refractivity contribution in [2.75, 3.05) is 50.9 Å². The Kier molecular flexibility index (Phi) is 6.15. The summed E-state index contributed by atoms with van der Waals surface area (Å²) in [6, 6.07) is 8.59. The van der Waals surface area contributed by atoms with Gasteiger partial charge < -0.3 is 19.3 Å². The van der Waals surface area contributed by atoms with Crippen LogP contribution in [0.4, 0.5) is 5.95 Å². The van der Waals surface area contributed by atoms with Crippen molar-refractivity contribution in [2.24, 2.45) is 0 Å². The van der Waals surface area contributed by atoms with E-state index in [-0.39, 0.29) is 11.5 Å². The van der Waals surface area contributed by atoms with Gasteiger partial charge in [-0.2, -0.15) is 0 Å². The zero-order valence-corrected chi connectivity index (χ0v) is 19.0. The van der Waals surface area contributed by atoms with Crippen LogP contribution in [0.15, 0.2) is 24.3 Å². The van der Waals surface area contributed by atoms with Crippen LogP contribution in [0.25, 0.3) is 0 Å². The smallest absolute Gasteiger partial charge is 0.291 e. The van der Waals surface area contributed by atoms with Crippen LogP contribution in [0.5, 0.6) is 0 Å². The molecular formula is C24H33N5O3. The molecule has 8 nitrogen and oxygen atoms in total. The Balaban J connectivity index is 1.42. The van der Waals surface area contributed by atoms with Crippen LogP contribution in [-0.2, 0) is 28.0 Å². The van der Waals surface area contributed by atoms with E-state index < -0.39 is 0 Å². The van der Waals surface area contributed by atoms with Crippen molar-refractivity contribution < 1.29 is 14.3 Å². The molecule has 8 heteroatoms. The van der Waals surface area contributed by atoms with E-state index in [4.69, 9.17) is 9.47 Å². The number of amides is 1. The molecule has 32 heavy (non-hydrogen) atoms. The highest BCUT2D eigenvalue weighted by Gasteiger charge is 2.44. The third-order valence-corrected chi connectivity index (χ3v) is 6.97. The number of hydrogen-bond donors (Lipinski definition) is 0. The molecule has 0 radical (unpaired) electrons. The van der Waals surface area contributed by atoms with Crippen LogP contribution in [-0.4, -0.2) is 71.6 Å². The molecule has 1 aromatic carbocycles. The zero-order chi connectivity index (χ0) is 22.0. The number of benzene rings is 1. The van der Waals surface area contributed by atoms with Crippen LogP contribution in [0.1, 0.15) is 54.4 Å². The Morgan fingerprint density at radius 1 is 1.19 bits per heavy atom. The highest BCUT2D eigenvalue weighted by atomic mass is 16.5. The topological polar surface area (TPSA) is 72.7 Å². The van der Waals surface area contributed by atoms with E-state index >= 15 is 0 Å². The number of rotatable bonds is 7. The molecule has 0 unspecified atom stereocenters. The monoisotopic (exact) mass is 439 g/mol. The summed E-state index contributed by atoms with van der Waals surface area (Å²) in [5.74, 6) is 1.22. The fourth-order valence-corrected chi connectivity index (χ4v) is 5.35. The normalized spacial score (nSPS) is 22.7. The van der Waals surface area contributed by atoms with E-state index in [1.54, 1.807) is 0 Å². The standard InChI is InChI=1S/C24H33N5O3/c1-2-31-16-7-14-29-21(22(30)27-12-5-6-13-27)25-26-23(29)28-15-17-32-24(18-28)11-10-19-8-3-4-9-20(19)24/h3-4,8-9H,2,5-7,10-18H2,1H3/t24-/m0/s1. The fraction of sp³-hybridized carbons (Fsp3) is 0.625. The van der Waals surface area contributed by atoms with E-state index in [9.17, 15) is 4.79 Å². The van der Waals surface area contributed by atoms with Gasteiger partial charge in [-0.05, 0) is 50.2 Å². The average Bonchev–Trinajstić information content (AvgIpc) is 3.57. The molecule has 3 heterocycles. The molecule has 1 spiro atoms. The van der Waals surface area contributed by atoms with E-state index in [2.05, 4.69) is 39.4 Å². The lowest BCUT2D eigenvalue weighted by Gasteiger charge is -2.41.